The van der Waals surface area contributed by atoms with Crippen LogP contribution in [0.1, 0.15) is 0 Å². The number of rotatable bonds is 0. The Bertz CT molecular complexity index is 8.00. The summed E-state index contributed by atoms with van der Waals surface area (Å²) in [5, 5.41) is 0. The Morgan fingerprint density at radius 1 is 0.250 bits per heavy atom. The fourth-order valence-corrected chi connectivity index (χ4v) is 0. The first-order valence-electron chi connectivity index (χ1n) is 0. The van der Waals surface area contributed by atoms with Crippen molar-refractivity contribution in [3.8, 4) is 0 Å². The molecule has 0 amide bonds. The number of hydrogen-bond acceptors (Lipinski definition) is 4. The fraction of sp³-hybridized carbons (Fsp3) is 0. The Labute approximate surface area is 96.5 Å². The third-order valence-corrected chi connectivity index (χ3v) is 0. The van der Waals surface area contributed by atoms with E-state index in [1.165, 1.54) is 0 Å². The summed E-state index contributed by atoms with van der Waals surface area (Å²) >= 11 is 0. The van der Waals surface area contributed by atoms with Gasteiger partial charge in [-0.3, -0.25) is 0 Å². The Kier molecular flexibility index (Phi) is 2760. The molecule has 4 nitrogen and oxygen atoms in total. The fourth-order valence-electron chi connectivity index (χ4n) is 0. The second kappa shape index (κ2) is 126. The van der Waals surface area contributed by atoms with Crippen LogP contribution < -0.4 is 75.4 Å². The molecule has 0 aliphatic heterocycles. The van der Waals surface area contributed by atoms with Crippen LogP contribution in [-0.4, -0.2) is 21.9 Å². The SMILES string of the molecule is [Li+].[Li+].[Li+].[Li+].[OH-].[OH-].[OH-].[OH-]. The minimum absolute atomic E-state index is 0. The summed E-state index contributed by atoms with van der Waals surface area (Å²) in [5.41, 5.74) is 0. The van der Waals surface area contributed by atoms with Crippen molar-refractivity contribution in [1.82, 2.24) is 0 Å². The van der Waals surface area contributed by atoms with Gasteiger partial charge in [0.25, 0.3) is 0 Å². The van der Waals surface area contributed by atoms with Crippen LogP contribution in [-0.2, 0) is 0 Å². The van der Waals surface area contributed by atoms with E-state index in [4.69, 9.17) is 0 Å². The summed E-state index contributed by atoms with van der Waals surface area (Å²) in [5.74, 6) is 0. The molecule has 0 aromatic rings. The zero-order valence-electron chi connectivity index (χ0n) is 5.79. The summed E-state index contributed by atoms with van der Waals surface area (Å²) in [6.07, 6.45) is 0. The van der Waals surface area contributed by atoms with Crippen molar-refractivity contribution in [2.24, 2.45) is 0 Å². The standard InChI is InChI=1S/4Li.4H2O/h;;;;4*1H2/q4*+1;;;;/p-4. The second-order valence-electron chi connectivity index (χ2n) is 0. The molecule has 0 atom stereocenters. The molecule has 0 rings (SSSR count). The normalized spacial score (nSPS) is 0. The Morgan fingerprint density at radius 3 is 0.250 bits per heavy atom. The van der Waals surface area contributed by atoms with Gasteiger partial charge in [0.05, 0.1) is 0 Å². The van der Waals surface area contributed by atoms with Crippen molar-refractivity contribution >= 4 is 0 Å². The maximum absolute atomic E-state index is 0. The van der Waals surface area contributed by atoms with Crippen LogP contribution in [0, 0.1) is 0 Å². The van der Waals surface area contributed by atoms with Gasteiger partial charge in [0, 0.05) is 0 Å². The molecule has 0 aliphatic carbocycles. The van der Waals surface area contributed by atoms with E-state index in [9.17, 15) is 0 Å². The molecule has 0 fully saturated rings. The summed E-state index contributed by atoms with van der Waals surface area (Å²) < 4.78 is 0. The molecule has 0 spiro atoms. The molecule has 0 saturated heterocycles. The Balaban J connectivity index is 0. The van der Waals surface area contributed by atoms with E-state index in [0.717, 1.165) is 0 Å². The van der Waals surface area contributed by atoms with Crippen LogP contribution in [0.25, 0.3) is 0 Å². The van der Waals surface area contributed by atoms with E-state index in [2.05, 4.69) is 0 Å². The predicted octanol–water partition coefficient (Wildman–Crippen LogP) is -12.7. The first kappa shape index (κ1) is 175. The quantitative estimate of drug-likeness (QED) is 0.278. The van der Waals surface area contributed by atoms with E-state index < -0.39 is 0 Å². The Hall–Kier alpha value is 2.23. The van der Waals surface area contributed by atoms with Crippen LogP contribution >= 0.6 is 0 Å². The van der Waals surface area contributed by atoms with Crippen molar-refractivity contribution < 1.29 is 97.3 Å². The van der Waals surface area contributed by atoms with Gasteiger partial charge in [-0.05, 0) is 0 Å². The van der Waals surface area contributed by atoms with Gasteiger partial charge in [0.2, 0.25) is 0 Å². The summed E-state index contributed by atoms with van der Waals surface area (Å²) in [6, 6.07) is 0. The zero-order chi connectivity index (χ0) is 0. The molecule has 8 heteroatoms. The molecule has 0 unspecified atom stereocenters. The topological polar surface area (TPSA) is 120 Å². The van der Waals surface area contributed by atoms with E-state index >= 15 is 0 Å². The third-order valence-electron chi connectivity index (χ3n) is 0. The van der Waals surface area contributed by atoms with Crippen molar-refractivity contribution in [3.63, 3.8) is 0 Å². The monoisotopic (exact) mass is 96.1 g/mol. The first-order valence-corrected chi connectivity index (χ1v) is 0. The maximum Gasteiger partial charge on any atom is 1.00 e. The average molecular weight is 95.8 g/mol. The van der Waals surface area contributed by atoms with E-state index in [0.29, 0.717) is 0 Å². The minimum Gasteiger partial charge on any atom is -0.870 e. The van der Waals surface area contributed by atoms with Crippen LogP contribution in [0.4, 0.5) is 0 Å². The molecule has 0 aromatic heterocycles. The maximum atomic E-state index is 0. The van der Waals surface area contributed by atoms with Crippen molar-refractivity contribution in [2.45, 2.75) is 0 Å². The van der Waals surface area contributed by atoms with Crippen molar-refractivity contribution in [1.29, 1.82) is 0 Å². The molecular weight excluding hydrogens is 91.8 g/mol. The van der Waals surface area contributed by atoms with E-state index in [1.54, 1.807) is 0 Å². The summed E-state index contributed by atoms with van der Waals surface area (Å²) in [6.45, 7) is 0. The van der Waals surface area contributed by atoms with E-state index in [1.807, 2.05) is 0 Å². The number of hydrogen-bond donors (Lipinski definition) is 0. The largest absolute Gasteiger partial charge is 1.00 e. The van der Waals surface area contributed by atoms with Gasteiger partial charge in [-0.2, -0.15) is 0 Å². The average Bonchev–Trinajstić information content (AvgIpc) is 0. The summed E-state index contributed by atoms with van der Waals surface area (Å²) in [7, 11) is 0. The molecule has 0 aliphatic rings. The van der Waals surface area contributed by atoms with Crippen LogP contribution in [0.5, 0.6) is 0 Å². The second-order valence-corrected chi connectivity index (χ2v) is 0. The van der Waals surface area contributed by atoms with Gasteiger partial charge in [0.1, 0.15) is 0 Å². The molecule has 0 aromatic carbocycles. The molecule has 0 bridgehead atoms. The van der Waals surface area contributed by atoms with Crippen molar-refractivity contribution in [3.05, 3.63) is 0 Å². The molecule has 32 valence electrons. The van der Waals surface area contributed by atoms with Crippen molar-refractivity contribution in [2.75, 3.05) is 0 Å². The van der Waals surface area contributed by atoms with Gasteiger partial charge in [-0.25, -0.2) is 0 Å². The van der Waals surface area contributed by atoms with Gasteiger partial charge in [0.15, 0.2) is 0 Å². The minimum atomic E-state index is 0. The molecule has 8 heavy (non-hydrogen) atoms. The van der Waals surface area contributed by atoms with Gasteiger partial charge < -0.3 is 21.9 Å². The van der Waals surface area contributed by atoms with Gasteiger partial charge >= 0.3 is 75.4 Å². The van der Waals surface area contributed by atoms with E-state index in [-0.39, 0.29) is 97.3 Å². The third kappa shape index (κ3) is 86.5. The van der Waals surface area contributed by atoms with Crippen LogP contribution in [0.3, 0.4) is 0 Å². The molecule has 0 heterocycles. The van der Waals surface area contributed by atoms with Crippen LogP contribution in [0.15, 0.2) is 0 Å². The molecule has 0 saturated carbocycles. The smallest absolute Gasteiger partial charge is 0.870 e. The van der Waals surface area contributed by atoms with Crippen LogP contribution in [0.2, 0.25) is 0 Å². The first-order chi connectivity index (χ1) is 0. The van der Waals surface area contributed by atoms with Gasteiger partial charge in [-0.15, -0.1) is 0 Å². The van der Waals surface area contributed by atoms with Gasteiger partial charge in [-0.1, -0.05) is 0 Å². The molecular formula is H4Li4O4. The molecule has 0 radical (unpaired) electrons. The molecule has 4 N–H and O–H groups in total. The zero-order valence-corrected chi connectivity index (χ0v) is 5.79. The predicted molar refractivity (Wildman–Crippen MR) is 7.74 cm³/mol. The summed E-state index contributed by atoms with van der Waals surface area (Å²) in [4.78, 5) is 0. The Morgan fingerprint density at radius 2 is 0.250 bits per heavy atom.